The number of aliphatic hydroxyl groups excluding tert-OH is 1. The summed E-state index contributed by atoms with van der Waals surface area (Å²) in [7, 11) is -0.411. The number of anilines is 1. The number of hydrogen-bond acceptors (Lipinski definition) is 4. The van der Waals surface area contributed by atoms with E-state index in [2.05, 4.69) is 0 Å². The minimum atomic E-state index is -3.45. The topological polar surface area (TPSA) is 60.9 Å². The molecule has 0 amide bonds. The third-order valence-corrected chi connectivity index (χ3v) is 5.35. The number of benzene rings is 2. The molecule has 0 aliphatic rings. The number of para-hydroxylation sites is 1. The molecule has 0 spiro atoms. The quantitative estimate of drug-likeness (QED) is 0.840. The lowest BCUT2D eigenvalue weighted by Gasteiger charge is -2.24. The molecule has 6 heteroatoms. The Hall–Kier alpha value is -1.89. The fourth-order valence-corrected chi connectivity index (χ4v) is 3.27. The summed E-state index contributed by atoms with van der Waals surface area (Å²) in [6.45, 7) is 1.04. The lowest BCUT2D eigenvalue weighted by atomic mass is 10.2. The highest BCUT2D eigenvalue weighted by molar-refractivity contribution is 7.89. The second kappa shape index (κ2) is 7.59. The number of sulfonamides is 1. The van der Waals surface area contributed by atoms with Gasteiger partial charge in [-0.3, -0.25) is 0 Å². The van der Waals surface area contributed by atoms with Crippen molar-refractivity contribution in [2.24, 2.45) is 0 Å². The standard InChI is InChI=1S/C17H22N2O3S/c1-18(2)23(21,22)17-10-6-7-15(13-17)14-19(11-12-20)16-8-4-3-5-9-16/h3-10,13,20H,11-12,14H2,1-2H3. The first-order valence-electron chi connectivity index (χ1n) is 7.37. The third-order valence-electron chi connectivity index (χ3n) is 3.54. The monoisotopic (exact) mass is 334 g/mol. The van der Waals surface area contributed by atoms with E-state index in [0.717, 1.165) is 11.3 Å². The van der Waals surface area contributed by atoms with E-state index in [9.17, 15) is 13.5 Å². The Morgan fingerprint density at radius 1 is 1.00 bits per heavy atom. The first-order chi connectivity index (χ1) is 10.9. The second-order valence-corrected chi connectivity index (χ2v) is 7.57. The zero-order valence-electron chi connectivity index (χ0n) is 13.4. The van der Waals surface area contributed by atoms with Gasteiger partial charge in [-0.05, 0) is 29.8 Å². The van der Waals surface area contributed by atoms with E-state index in [1.165, 1.54) is 18.4 Å². The summed E-state index contributed by atoms with van der Waals surface area (Å²) in [6, 6.07) is 16.7. The molecule has 0 aliphatic carbocycles. The van der Waals surface area contributed by atoms with Crippen LogP contribution in [0.4, 0.5) is 5.69 Å². The van der Waals surface area contributed by atoms with Crippen LogP contribution in [0.15, 0.2) is 59.5 Å². The maximum atomic E-state index is 12.2. The molecule has 5 nitrogen and oxygen atoms in total. The molecule has 0 unspecified atom stereocenters. The summed E-state index contributed by atoms with van der Waals surface area (Å²) in [5, 5.41) is 9.29. The average Bonchev–Trinajstić information content (AvgIpc) is 2.55. The van der Waals surface area contributed by atoms with E-state index >= 15 is 0 Å². The van der Waals surface area contributed by atoms with Crippen molar-refractivity contribution in [1.82, 2.24) is 4.31 Å². The van der Waals surface area contributed by atoms with Crippen molar-refractivity contribution >= 4 is 15.7 Å². The van der Waals surface area contributed by atoms with Gasteiger partial charge in [0, 0.05) is 32.9 Å². The number of aliphatic hydroxyl groups is 1. The lowest BCUT2D eigenvalue weighted by molar-refractivity contribution is 0.301. The molecule has 124 valence electrons. The van der Waals surface area contributed by atoms with Crippen LogP contribution in [0.2, 0.25) is 0 Å². The van der Waals surface area contributed by atoms with E-state index in [-0.39, 0.29) is 11.5 Å². The van der Waals surface area contributed by atoms with Crippen molar-refractivity contribution in [1.29, 1.82) is 0 Å². The molecule has 0 heterocycles. The highest BCUT2D eigenvalue weighted by atomic mass is 32.2. The molecule has 0 fully saturated rings. The highest BCUT2D eigenvalue weighted by Gasteiger charge is 2.17. The predicted molar refractivity (Wildman–Crippen MR) is 91.9 cm³/mol. The molecule has 0 radical (unpaired) electrons. The van der Waals surface area contributed by atoms with Crippen LogP contribution in [0.5, 0.6) is 0 Å². The Bertz CT molecular complexity index is 731. The maximum absolute atomic E-state index is 12.2. The fourth-order valence-electron chi connectivity index (χ4n) is 2.29. The molecule has 0 bridgehead atoms. The molecule has 0 atom stereocenters. The normalized spacial score (nSPS) is 11.7. The minimum Gasteiger partial charge on any atom is -0.395 e. The van der Waals surface area contributed by atoms with Crippen molar-refractivity contribution < 1.29 is 13.5 Å². The van der Waals surface area contributed by atoms with Crippen LogP contribution >= 0.6 is 0 Å². The van der Waals surface area contributed by atoms with Crippen LogP contribution in [0.25, 0.3) is 0 Å². The SMILES string of the molecule is CN(C)S(=O)(=O)c1cccc(CN(CCO)c2ccccc2)c1. The van der Waals surface area contributed by atoms with E-state index in [1.54, 1.807) is 18.2 Å². The van der Waals surface area contributed by atoms with Gasteiger partial charge in [-0.2, -0.15) is 0 Å². The molecule has 0 saturated carbocycles. The summed E-state index contributed by atoms with van der Waals surface area (Å²) in [4.78, 5) is 2.29. The molecule has 2 rings (SSSR count). The molecule has 0 saturated heterocycles. The van der Waals surface area contributed by atoms with E-state index < -0.39 is 10.0 Å². The summed E-state index contributed by atoms with van der Waals surface area (Å²) in [6.07, 6.45) is 0. The summed E-state index contributed by atoms with van der Waals surface area (Å²) in [5.41, 5.74) is 1.87. The predicted octanol–water partition coefficient (Wildman–Crippen LogP) is 1.94. The van der Waals surface area contributed by atoms with Gasteiger partial charge in [0.2, 0.25) is 10.0 Å². The van der Waals surface area contributed by atoms with Crippen molar-refractivity contribution in [3.8, 4) is 0 Å². The molecule has 0 aliphatic heterocycles. The average molecular weight is 334 g/mol. The van der Waals surface area contributed by atoms with E-state index in [1.807, 2.05) is 41.3 Å². The highest BCUT2D eigenvalue weighted by Crippen LogP contribution is 2.19. The minimum absolute atomic E-state index is 0.0323. The Labute approximate surface area is 137 Å². The first-order valence-corrected chi connectivity index (χ1v) is 8.81. The first kappa shape index (κ1) is 17.5. The van der Waals surface area contributed by atoms with Gasteiger partial charge in [-0.15, -0.1) is 0 Å². The summed E-state index contributed by atoms with van der Waals surface area (Å²) >= 11 is 0. The Kier molecular flexibility index (Phi) is 5.76. The van der Waals surface area contributed by atoms with Gasteiger partial charge in [0.25, 0.3) is 0 Å². The van der Waals surface area contributed by atoms with Crippen LogP contribution in [-0.4, -0.2) is 45.1 Å². The van der Waals surface area contributed by atoms with Gasteiger partial charge in [0.1, 0.15) is 0 Å². The largest absolute Gasteiger partial charge is 0.395 e. The number of nitrogens with zero attached hydrogens (tertiary/aromatic N) is 2. The van der Waals surface area contributed by atoms with E-state index in [0.29, 0.717) is 13.1 Å². The van der Waals surface area contributed by atoms with Gasteiger partial charge < -0.3 is 10.0 Å². The molecular weight excluding hydrogens is 312 g/mol. The summed E-state index contributed by atoms with van der Waals surface area (Å²) < 4.78 is 25.7. The van der Waals surface area contributed by atoms with Crippen molar-refractivity contribution in [2.75, 3.05) is 32.1 Å². The van der Waals surface area contributed by atoms with Crippen LogP contribution in [-0.2, 0) is 16.6 Å². The second-order valence-electron chi connectivity index (χ2n) is 5.42. The maximum Gasteiger partial charge on any atom is 0.242 e. The molecular formula is C17H22N2O3S. The van der Waals surface area contributed by atoms with Crippen molar-refractivity contribution in [2.45, 2.75) is 11.4 Å². The molecule has 0 aromatic heterocycles. The molecule has 23 heavy (non-hydrogen) atoms. The van der Waals surface area contributed by atoms with Crippen LogP contribution < -0.4 is 4.90 Å². The van der Waals surface area contributed by atoms with Gasteiger partial charge in [-0.25, -0.2) is 12.7 Å². The lowest BCUT2D eigenvalue weighted by Crippen LogP contribution is -2.26. The van der Waals surface area contributed by atoms with Gasteiger partial charge in [0.05, 0.1) is 11.5 Å². The van der Waals surface area contributed by atoms with Crippen molar-refractivity contribution in [3.63, 3.8) is 0 Å². The zero-order chi connectivity index (χ0) is 16.9. The smallest absolute Gasteiger partial charge is 0.242 e. The van der Waals surface area contributed by atoms with Crippen molar-refractivity contribution in [3.05, 3.63) is 60.2 Å². The Morgan fingerprint density at radius 3 is 2.30 bits per heavy atom. The Morgan fingerprint density at radius 2 is 1.70 bits per heavy atom. The number of rotatable bonds is 7. The van der Waals surface area contributed by atoms with Gasteiger partial charge in [0.15, 0.2) is 0 Å². The van der Waals surface area contributed by atoms with Crippen LogP contribution in [0, 0.1) is 0 Å². The number of hydrogen-bond donors (Lipinski definition) is 1. The van der Waals surface area contributed by atoms with E-state index in [4.69, 9.17) is 0 Å². The summed E-state index contributed by atoms with van der Waals surface area (Å²) in [5.74, 6) is 0. The third kappa shape index (κ3) is 4.31. The van der Waals surface area contributed by atoms with Gasteiger partial charge in [-0.1, -0.05) is 30.3 Å². The van der Waals surface area contributed by atoms with Crippen LogP contribution in [0.3, 0.4) is 0 Å². The molecule has 1 N–H and O–H groups in total. The Balaban J connectivity index is 2.28. The molecule has 2 aromatic carbocycles. The zero-order valence-corrected chi connectivity index (χ0v) is 14.2. The molecule has 2 aromatic rings. The fraction of sp³-hybridized carbons (Fsp3) is 0.294. The van der Waals surface area contributed by atoms with Gasteiger partial charge >= 0.3 is 0 Å². The van der Waals surface area contributed by atoms with Crippen LogP contribution in [0.1, 0.15) is 5.56 Å².